The third-order valence-corrected chi connectivity index (χ3v) is 4.72. The van der Waals surface area contributed by atoms with Crippen LogP contribution >= 0.6 is 11.8 Å². The van der Waals surface area contributed by atoms with Crippen LogP contribution in [0.15, 0.2) is 46.2 Å². The normalized spacial score (nSPS) is 10.8. The van der Waals surface area contributed by atoms with Gasteiger partial charge in [0.25, 0.3) is 0 Å². The molecular formula is C17H19N5O2S. The van der Waals surface area contributed by atoms with Gasteiger partial charge in [0.1, 0.15) is 11.5 Å². The number of thioether (sulfide) groups is 1. The number of carbonyl (C=O) groups excluding carboxylic acids is 1. The Morgan fingerprint density at radius 3 is 2.68 bits per heavy atom. The average Bonchev–Trinajstić information content (AvgIpc) is 3.19. The van der Waals surface area contributed by atoms with Gasteiger partial charge in [-0.15, -0.1) is 10.2 Å². The molecule has 3 aromatic heterocycles. The fourth-order valence-corrected chi connectivity index (χ4v) is 3.17. The molecule has 0 unspecified atom stereocenters. The SMILES string of the molecule is Cc1ccc(CN(C)C(=O)CSc2nnc(-c3ccncc3)n2C)o1. The highest BCUT2D eigenvalue weighted by Crippen LogP contribution is 2.22. The Kier molecular flexibility index (Phi) is 5.18. The molecule has 3 rings (SSSR count). The van der Waals surface area contributed by atoms with E-state index in [0.29, 0.717) is 17.5 Å². The van der Waals surface area contributed by atoms with Crippen LogP contribution in [0.1, 0.15) is 11.5 Å². The number of hydrogen-bond donors (Lipinski definition) is 0. The van der Waals surface area contributed by atoms with E-state index in [9.17, 15) is 4.79 Å². The van der Waals surface area contributed by atoms with E-state index in [1.807, 2.05) is 42.8 Å². The highest BCUT2D eigenvalue weighted by Gasteiger charge is 2.15. The first-order valence-corrected chi connectivity index (χ1v) is 8.75. The fraction of sp³-hybridized carbons (Fsp3) is 0.294. The molecule has 7 nitrogen and oxygen atoms in total. The van der Waals surface area contributed by atoms with Gasteiger partial charge in [-0.1, -0.05) is 11.8 Å². The Bertz CT molecular complexity index is 859. The summed E-state index contributed by atoms with van der Waals surface area (Å²) in [5, 5.41) is 9.08. The lowest BCUT2D eigenvalue weighted by molar-refractivity contribution is -0.127. The zero-order chi connectivity index (χ0) is 17.8. The van der Waals surface area contributed by atoms with Gasteiger partial charge in [0.15, 0.2) is 11.0 Å². The largest absolute Gasteiger partial charge is 0.464 e. The van der Waals surface area contributed by atoms with E-state index in [0.717, 1.165) is 22.9 Å². The number of carbonyl (C=O) groups is 1. The summed E-state index contributed by atoms with van der Waals surface area (Å²) in [7, 11) is 3.65. The van der Waals surface area contributed by atoms with Crippen molar-refractivity contribution in [3.05, 3.63) is 48.2 Å². The Morgan fingerprint density at radius 2 is 2.00 bits per heavy atom. The predicted molar refractivity (Wildman–Crippen MR) is 94.9 cm³/mol. The topological polar surface area (TPSA) is 77.1 Å². The van der Waals surface area contributed by atoms with E-state index in [2.05, 4.69) is 15.2 Å². The van der Waals surface area contributed by atoms with Gasteiger partial charge in [-0.2, -0.15) is 0 Å². The Hall–Kier alpha value is -2.61. The number of aromatic nitrogens is 4. The standard InChI is InChI=1S/C17H19N5O2S/c1-12-4-5-14(24-12)10-21(2)15(23)11-25-17-20-19-16(22(17)3)13-6-8-18-9-7-13/h4-9H,10-11H2,1-3H3. The monoisotopic (exact) mass is 357 g/mol. The molecule has 130 valence electrons. The summed E-state index contributed by atoms with van der Waals surface area (Å²) in [6.45, 7) is 2.34. The molecule has 8 heteroatoms. The van der Waals surface area contributed by atoms with E-state index in [1.54, 1.807) is 24.3 Å². The molecule has 25 heavy (non-hydrogen) atoms. The number of rotatable bonds is 6. The van der Waals surface area contributed by atoms with Crippen molar-refractivity contribution in [3.8, 4) is 11.4 Å². The van der Waals surface area contributed by atoms with Gasteiger partial charge >= 0.3 is 0 Å². The maximum absolute atomic E-state index is 12.3. The molecular weight excluding hydrogens is 338 g/mol. The van der Waals surface area contributed by atoms with Crippen molar-refractivity contribution in [2.45, 2.75) is 18.6 Å². The molecule has 0 radical (unpaired) electrons. The highest BCUT2D eigenvalue weighted by molar-refractivity contribution is 7.99. The summed E-state index contributed by atoms with van der Waals surface area (Å²) in [5.41, 5.74) is 0.938. The molecule has 0 saturated carbocycles. The number of aryl methyl sites for hydroxylation is 1. The van der Waals surface area contributed by atoms with Gasteiger partial charge in [-0.05, 0) is 31.2 Å². The predicted octanol–water partition coefficient (Wildman–Crippen LogP) is 2.53. The first kappa shape index (κ1) is 17.2. The molecule has 0 bridgehead atoms. The lowest BCUT2D eigenvalue weighted by atomic mass is 10.2. The number of hydrogen-bond acceptors (Lipinski definition) is 6. The van der Waals surface area contributed by atoms with Crippen molar-refractivity contribution >= 4 is 17.7 Å². The summed E-state index contributed by atoms with van der Waals surface area (Å²) in [6, 6.07) is 7.53. The van der Waals surface area contributed by atoms with E-state index in [-0.39, 0.29) is 5.91 Å². The number of amides is 1. The Balaban J connectivity index is 1.60. The highest BCUT2D eigenvalue weighted by atomic mass is 32.2. The minimum atomic E-state index is 0.00696. The molecule has 0 aliphatic carbocycles. The van der Waals surface area contributed by atoms with Gasteiger partial charge in [0.05, 0.1) is 12.3 Å². The Labute approximate surface area is 150 Å². The van der Waals surface area contributed by atoms with Crippen molar-refractivity contribution in [2.75, 3.05) is 12.8 Å². The van der Waals surface area contributed by atoms with Crippen LogP contribution in [0.2, 0.25) is 0 Å². The van der Waals surface area contributed by atoms with Crippen LogP contribution in [-0.4, -0.2) is 43.4 Å². The summed E-state index contributed by atoms with van der Waals surface area (Å²) in [4.78, 5) is 18.0. The number of furan rings is 1. The van der Waals surface area contributed by atoms with Crippen LogP contribution in [0, 0.1) is 6.92 Å². The van der Waals surface area contributed by atoms with Crippen LogP contribution in [0.5, 0.6) is 0 Å². The van der Waals surface area contributed by atoms with Crippen LogP contribution in [0.25, 0.3) is 11.4 Å². The molecule has 0 N–H and O–H groups in total. The number of pyridine rings is 1. The van der Waals surface area contributed by atoms with Crippen LogP contribution in [0.3, 0.4) is 0 Å². The summed E-state index contributed by atoms with van der Waals surface area (Å²) < 4.78 is 7.38. The third-order valence-electron chi connectivity index (χ3n) is 3.71. The van der Waals surface area contributed by atoms with Crippen molar-refractivity contribution in [3.63, 3.8) is 0 Å². The van der Waals surface area contributed by atoms with Crippen molar-refractivity contribution in [1.82, 2.24) is 24.6 Å². The van der Waals surface area contributed by atoms with Crippen molar-refractivity contribution in [2.24, 2.45) is 7.05 Å². The molecule has 3 aromatic rings. The minimum absolute atomic E-state index is 0.00696. The second kappa shape index (κ2) is 7.52. The van der Waals surface area contributed by atoms with Gasteiger partial charge in [0.2, 0.25) is 5.91 Å². The fourth-order valence-electron chi connectivity index (χ4n) is 2.32. The first-order valence-electron chi connectivity index (χ1n) is 7.76. The van der Waals surface area contributed by atoms with Crippen molar-refractivity contribution < 1.29 is 9.21 Å². The summed E-state index contributed by atoms with van der Waals surface area (Å²) in [5.74, 6) is 2.66. The maximum Gasteiger partial charge on any atom is 0.233 e. The second-order valence-corrected chi connectivity index (χ2v) is 6.59. The summed E-state index contributed by atoms with van der Waals surface area (Å²) >= 11 is 1.37. The minimum Gasteiger partial charge on any atom is -0.464 e. The molecule has 1 amide bonds. The third kappa shape index (κ3) is 4.08. The number of nitrogens with zero attached hydrogens (tertiary/aromatic N) is 5. The maximum atomic E-state index is 12.3. The van der Waals surface area contributed by atoms with E-state index >= 15 is 0 Å². The van der Waals surface area contributed by atoms with Crippen LogP contribution in [-0.2, 0) is 18.4 Å². The molecule has 0 aliphatic heterocycles. The molecule has 0 saturated heterocycles. The Morgan fingerprint density at radius 1 is 1.24 bits per heavy atom. The molecule has 0 fully saturated rings. The molecule has 0 aromatic carbocycles. The van der Waals surface area contributed by atoms with Gasteiger partial charge in [-0.3, -0.25) is 9.78 Å². The van der Waals surface area contributed by atoms with E-state index in [1.165, 1.54) is 11.8 Å². The van der Waals surface area contributed by atoms with Crippen LogP contribution in [0.4, 0.5) is 0 Å². The zero-order valence-electron chi connectivity index (χ0n) is 14.3. The van der Waals surface area contributed by atoms with Gasteiger partial charge in [-0.25, -0.2) is 0 Å². The van der Waals surface area contributed by atoms with Crippen molar-refractivity contribution in [1.29, 1.82) is 0 Å². The average molecular weight is 357 g/mol. The molecule has 0 atom stereocenters. The first-order chi connectivity index (χ1) is 12.0. The zero-order valence-corrected chi connectivity index (χ0v) is 15.2. The van der Waals surface area contributed by atoms with E-state index in [4.69, 9.17) is 4.42 Å². The van der Waals surface area contributed by atoms with Gasteiger partial charge in [0, 0.05) is 32.1 Å². The second-order valence-electron chi connectivity index (χ2n) is 5.65. The van der Waals surface area contributed by atoms with Crippen LogP contribution < -0.4 is 0 Å². The quantitative estimate of drug-likeness (QED) is 0.631. The summed E-state index contributed by atoms with van der Waals surface area (Å²) in [6.07, 6.45) is 3.43. The lowest BCUT2D eigenvalue weighted by Gasteiger charge is -2.15. The lowest BCUT2D eigenvalue weighted by Crippen LogP contribution is -2.27. The molecule has 0 spiro atoms. The van der Waals surface area contributed by atoms with Gasteiger partial charge < -0.3 is 13.9 Å². The van der Waals surface area contributed by atoms with E-state index < -0.39 is 0 Å². The molecule has 0 aliphatic rings. The smallest absolute Gasteiger partial charge is 0.233 e. The molecule has 3 heterocycles.